The van der Waals surface area contributed by atoms with Gasteiger partial charge in [-0.05, 0) is 36.8 Å². The zero-order chi connectivity index (χ0) is 21.3. The largest absolute Gasteiger partial charge is 0.379 e. The number of carbonyl (C=O) groups is 3. The molecule has 3 aliphatic rings. The van der Waals surface area contributed by atoms with Gasteiger partial charge in [0.2, 0.25) is 5.91 Å². The van der Waals surface area contributed by atoms with E-state index in [4.69, 9.17) is 4.74 Å². The molecule has 2 saturated heterocycles. The average molecular weight is 415 g/mol. The lowest BCUT2D eigenvalue weighted by Gasteiger charge is -2.37. The summed E-state index contributed by atoms with van der Waals surface area (Å²) in [6.07, 6.45) is 4.69. The number of nitrogens with one attached hydrogen (secondary N) is 1. The maximum atomic E-state index is 12.8. The topological polar surface area (TPSA) is 95.1 Å². The molecule has 0 radical (unpaired) electrons. The highest BCUT2D eigenvalue weighted by atomic mass is 16.5. The zero-order valence-corrected chi connectivity index (χ0v) is 17.5. The van der Waals surface area contributed by atoms with E-state index in [1.54, 1.807) is 48.5 Å². The van der Waals surface area contributed by atoms with Gasteiger partial charge in [0, 0.05) is 58.3 Å². The lowest BCUT2D eigenvalue weighted by Crippen LogP contribution is -2.50. The molecule has 9 heteroatoms. The van der Waals surface area contributed by atoms with Crippen molar-refractivity contribution in [3.63, 3.8) is 0 Å². The third kappa shape index (κ3) is 4.12. The number of nitrogens with zero attached hydrogens (tertiary/aromatic N) is 4. The Morgan fingerprint density at radius 1 is 1.17 bits per heavy atom. The highest BCUT2D eigenvalue weighted by Gasteiger charge is 2.44. The van der Waals surface area contributed by atoms with E-state index >= 15 is 0 Å². The molecular formula is C21H29N5O4. The molecule has 9 nitrogen and oxygen atoms in total. The molecule has 1 aromatic rings. The molecule has 1 aliphatic carbocycles. The normalized spacial score (nSPS) is 28.6. The fraction of sp³-hybridized carbons (Fsp3) is 0.619. The van der Waals surface area contributed by atoms with Gasteiger partial charge in [-0.1, -0.05) is 0 Å². The molecule has 1 saturated carbocycles. The minimum Gasteiger partial charge on any atom is -0.379 e. The molecule has 2 aliphatic heterocycles. The monoisotopic (exact) mass is 415 g/mol. The van der Waals surface area contributed by atoms with E-state index in [1.807, 2.05) is 4.90 Å². The number of amides is 4. The van der Waals surface area contributed by atoms with Crippen LogP contribution in [-0.2, 0) is 9.53 Å². The van der Waals surface area contributed by atoms with E-state index < -0.39 is 0 Å². The van der Waals surface area contributed by atoms with Gasteiger partial charge in [0.15, 0.2) is 0 Å². The summed E-state index contributed by atoms with van der Waals surface area (Å²) in [4.78, 5) is 46.5. The van der Waals surface area contributed by atoms with Crippen LogP contribution in [0.25, 0.3) is 0 Å². The van der Waals surface area contributed by atoms with E-state index in [0.29, 0.717) is 43.6 Å². The number of methoxy groups -OCH3 is 1. The van der Waals surface area contributed by atoms with Crippen LogP contribution in [0.1, 0.15) is 23.2 Å². The number of hydrogen-bond acceptors (Lipinski definition) is 5. The lowest BCUT2D eigenvalue weighted by molar-refractivity contribution is -0.130. The van der Waals surface area contributed by atoms with Crippen molar-refractivity contribution in [1.82, 2.24) is 25.0 Å². The van der Waals surface area contributed by atoms with Gasteiger partial charge in [0.05, 0.1) is 12.1 Å². The number of hydrogen-bond donors (Lipinski definition) is 1. The standard InChI is InChI=1S/C21H29N5O4/c1-24-7-8-25(21(24)29)13-19(27)26-11-15-9-17(18(30-2)10-16(15)12-26)23-20(28)14-3-5-22-6-4-14/h3-6,15-18H,7-13H2,1-2H3,(H,23,28)/t15-,16+,17-,18-/m0/s1. The van der Waals surface area contributed by atoms with Crippen LogP contribution in [0.2, 0.25) is 0 Å². The molecule has 162 valence electrons. The molecular weight excluding hydrogens is 386 g/mol. The predicted molar refractivity (Wildman–Crippen MR) is 109 cm³/mol. The Morgan fingerprint density at radius 2 is 1.87 bits per heavy atom. The second-order valence-corrected chi connectivity index (χ2v) is 8.51. The maximum absolute atomic E-state index is 12.8. The molecule has 0 aromatic carbocycles. The first kappa shape index (κ1) is 20.6. The first-order chi connectivity index (χ1) is 14.5. The molecule has 0 unspecified atom stereocenters. The van der Waals surface area contributed by atoms with Crippen molar-refractivity contribution in [1.29, 1.82) is 0 Å². The fourth-order valence-corrected chi connectivity index (χ4v) is 4.90. The van der Waals surface area contributed by atoms with Gasteiger partial charge in [0.1, 0.15) is 6.54 Å². The molecule has 3 fully saturated rings. The van der Waals surface area contributed by atoms with Crippen molar-refractivity contribution in [2.45, 2.75) is 25.0 Å². The SMILES string of the molecule is CO[C@H]1C[C@@H]2CN(C(=O)CN3CCN(C)C3=O)C[C@@H]2C[C@@H]1NC(=O)c1ccncc1. The third-order valence-electron chi connectivity index (χ3n) is 6.66. The van der Waals surface area contributed by atoms with Gasteiger partial charge < -0.3 is 24.8 Å². The summed E-state index contributed by atoms with van der Waals surface area (Å²) in [6, 6.07) is 3.20. The van der Waals surface area contributed by atoms with Gasteiger partial charge in [-0.25, -0.2) is 4.79 Å². The molecule has 1 aromatic heterocycles. The second kappa shape index (κ2) is 8.59. The number of likely N-dealkylation sites (N-methyl/N-ethyl adjacent to an activating group) is 1. The van der Waals surface area contributed by atoms with Gasteiger partial charge in [0.25, 0.3) is 5.91 Å². The summed E-state index contributed by atoms with van der Waals surface area (Å²) in [6.45, 7) is 2.74. The van der Waals surface area contributed by atoms with E-state index in [2.05, 4.69) is 10.3 Å². The Balaban J connectivity index is 1.36. The highest BCUT2D eigenvalue weighted by molar-refractivity contribution is 5.94. The summed E-state index contributed by atoms with van der Waals surface area (Å²) in [5.41, 5.74) is 0.574. The molecule has 3 heterocycles. The number of aromatic nitrogens is 1. The van der Waals surface area contributed by atoms with Gasteiger partial charge in [-0.2, -0.15) is 0 Å². The van der Waals surface area contributed by atoms with Crippen molar-refractivity contribution in [3.8, 4) is 0 Å². The Bertz CT molecular complexity index is 804. The fourth-order valence-electron chi connectivity index (χ4n) is 4.90. The molecule has 1 N–H and O–H groups in total. The second-order valence-electron chi connectivity index (χ2n) is 8.51. The van der Waals surface area contributed by atoms with Crippen LogP contribution in [0.4, 0.5) is 4.79 Å². The highest BCUT2D eigenvalue weighted by Crippen LogP contribution is 2.37. The zero-order valence-electron chi connectivity index (χ0n) is 17.5. The van der Waals surface area contributed by atoms with E-state index in [9.17, 15) is 14.4 Å². The van der Waals surface area contributed by atoms with Crippen LogP contribution in [0.15, 0.2) is 24.5 Å². The van der Waals surface area contributed by atoms with Crippen molar-refractivity contribution in [3.05, 3.63) is 30.1 Å². The first-order valence-electron chi connectivity index (χ1n) is 10.5. The van der Waals surface area contributed by atoms with Crippen molar-refractivity contribution in [2.24, 2.45) is 11.8 Å². The van der Waals surface area contributed by atoms with Crippen LogP contribution in [-0.4, -0.2) is 96.6 Å². The lowest BCUT2D eigenvalue weighted by atomic mass is 9.77. The van der Waals surface area contributed by atoms with Crippen LogP contribution < -0.4 is 5.32 Å². The van der Waals surface area contributed by atoms with Gasteiger partial charge in [-0.15, -0.1) is 0 Å². The summed E-state index contributed by atoms with van der Waals surface area (Å²) in [7, 11) is 3.42. The van der Waals surface area contributed by atoms with Gasteiger partial charge >= 0.3 is 6.03 Å². The predicted octanol–water partition coefficient (Wildman–Crippen LogP) is 0.431. The Morgan fingerprint density at radius 3 is 2.50 bits per heavy atom. The third-order valence-corrected chi connectivity index (χ3v) is 6.66. The summed E-state index contributed by atoms with van der Waals surface area (Å²) < 4.78 is 5.69. The first-order valence-corrected chi connectivity index (χ1v) is 10.5. The van der Waals surface area contributed by atoms with Crippen LogP contribution >= 0.6 is 0 Å². The van der Waals surface area contributed by atoms with E-state index in [-0.39, 0.29) is 36.5 Å². The van der Waals surface area contributed by atoms with Crippen molar-refractivity contribution >= 4 is 17.8 Å². The number of urea groups is 1. The molecule has 30 heavy (non-hydrogen) atoms. The molecule has 4 rings (SSSR count). The number of rotatable bonds is 5. The number of likely N-dealkylation sites (tertiary alicyclic amines) is 1. The average Bonchev–Trinajstić information content (AvgIpc) is 3.31. The Kier molecular flexibility index (Phi) is 5.90. The summed E-state index contributed by atoms with van der Waals surface area (Å²) in [5.74, 6) is 0.537. The van der Waals surface area contributed by atoms with E-state index in [1.165, 1.54) is 0 Å². The van der Waals surface area contributed by atoms with Crippen molar-refractivity contribution < 1.29 is 19.1 Å². The number of fused-ring (bicyclic) bond motifs is 1. The van der Waals surface area contributed by atoms with Gasteiger partial charge in [-0.3, -0.25) is 14.6 Å². The van der Waals surface area contributed by atoms with Crippen LogP contribution in [0.3, 0.4) is 0 Å². The minimum absolute atomic E-state index is 0.000567. The Labute approximate surface area is 176 Å². The summed E-state index contributed by atoms with van der Waals surface area (Å²) >= 11 is 0. The Hall–Kier alpha value is -2.68. The maximum Gasteiger partial charge on any atom is 0.320 e. The smallest absolute Gasteiger partial charge is 0.320 e. The number of pyridine rings is 1. The number of ether oxygens (including phenoxy) is 1. The minimum atomic E-state index is -0.134. The molecule has 0 spiro atoms. The molecule has 4 amide bonds. The van der Waals surface area contributed by atoms with E-state index in [0.717, 1.165) is 12.8 Å². The summed E-state index contributed by atoms with van der Waals surface area (Å²) in [5, 5.41) is 3.11. The molecule has 0 bridgehead atoms. The van der Waals surface area contributed by atoms with Crippen LogP contribution in [0.5, 0.6) is 0 Å². The quantitative estimate of drug-likeness (QED) is 0.753. The van der Waals surface area contributed by atoms with Crippen molar-refractivity contribution in [2.75, 3.05) is 46.9 Å². The molecule has 4 atom stereocenters. The van der Waals surface area contributed by atoms with Crippen LogP contribution in [0, 0.1) is 11.8 Å². The number of carbonyl (C=O) groups excluding carboxylic acids is 3.